The van der Waals surface area contributed by atoms with Crippen LogP contribution in [0, 0.1) is 0 Å². The van der Waals surface area contributed by atoms with Crippen molar-refractivity contribution in [2.45, 2.75) is 33.2 Å². The highest BCUT2D eigenvalue weighted by Gasteiger charge is 2.39. The van der Waals surface area contributed by atoms with E-state index in [-0.39, 0.29) is 0 Å². The SMILES string of the molecule is CCO[Si](CCC[S])(OCC)OCC. The molecule has 0 aromatic carbocycles. The van der Waals surface area contributed by atoms with Crippen LogP contribution in [0.2, 0.25) is 6.04 Å². The molecule has 0 amide bonds. The van der Waals surface area contributed by atoms with E-state index in [0.29, 0.717) is 19.8 Å². The second-order valence-corrected chi connectivity index (χ2v) is 5.93. The van der Waals surface area contributed by atoms with Gasteiger partial charge in [-0.1, -0.05) is 12.6 Å². The summed E-state index contributed by atoms with van der Waals surface area (Å²) in [7, 11) is -2.38. The maximum Gasteiger partial charge on any atom is 0.500 e. The zero-order valence-electron chi connectivity index (χ0n) is 9.38. The van der Waals surface area contributed by atoms with Gasteiger partial charge in [0.1, 0.15) is 0 Å². The van der Waals surface area contributed by atoms with Crippen LogP contribution in [0.15, 0.2) is 0 Å². The average molecular weight is 237 g/mol. The van der Waals surface area contributed by atoms with Crippen LogP contribution in [-0.2, 0) is 13.3 Å². The topological polar surface area (TPSA) is 27.7 Å². The van der Waals surface area contributed by atoms with Crippen LogP contribution >= 0.6 is 12.6 Å². The van der Waals surface area contributed by atoms with E-state index in [0.717, 1.165) is 18.2 Å². The summed E-state index contributed by atoms with van der Waals surface area (Å²) in [6, 6.07) is 0.839. The molecule has 5 heteroatoms. The van der Waals surface area contributed by atoms with Crippen LogP contribution in [0.3, 0.4) is 0 Å². The molecule has 0 aliphatic heterocycles. The normalized spacial score (nSPS) is 12.0. The van der Waals surface area contributed by atoms with Gasteiger partial charge < -0.3 is 13.3 Å². The molecule has 0 aliphatic rings. The van der Waals surface area contributed by atoms with Gasteiger partial charge in [0.25, 0.3) is 0 Å². The summed E-state index contributed by atoms with van der Waals surface area (Å²) in [5, 5.41) is 0. The Morgan fingerprint density at radius 3 is 1.64 bits per heavy atom. The Bertz CT molecular complexity index is 118. The van der Waals surface area contributed by atoms with Gasteiger partial charge in [-0.15, -0.1) is 0 Å². The monoisotopic (exact) mass is 237 g/mol. The number of rotatable bonds is 9. The highest BCUT2D eigenvalue weighted by atomic mass is 32.1. The molecule has 0 bridgehead atoms. The predicted octanol–water partition coefficient (Wildman–Crippen LogP) is 2.62. The van der Waals surface area contributed by atoms with Crippen LogP contribution in [0.1, 0.15) is 27.2 Å². The van der Waals surface area contributed by atoms with Crippen molar-refractivity contribution < 1.29 is 13.3 Å². The highest BCUT2D eigenvalue weighted by Crippen LogP contribution is 2.18. The maximum absolute atomic E-state index is 5.66. The van der Waals surface area contributed by atoms with Crippen LogP contribution < -0.4 is 0 Å². The van der Waals surface area contributed by atoms with E-state index >= 15 is 0 Å². The molecule has 0 fully saturated rings. The maximum atomic E-state index is 5.66. The van der Waals surface area contributed by atoms with Crippen molar-refractivity contribution in [2.24, 2.45) is 0 Å². The lowest BCUT2D eigenvalue weighted by atomic mass is 10.6. The summed E-state index contributed by atoms with van der Waals surface area (Å²) in [6.07, 6.45) is 0.932. The van der Waals surface area contributed by atoms with Gasteiger partial charge in [-0.25, -0.2) is 0 Å². The Kier molecular flexibility index (Phi) is 9.01. The molecule has 14 heavy (non-hydrogen) atoms. The molecule has 0 saturated heterocycles. The van der Waals surface area contributed by atoms with E-state index in [2.05, 4.69) is 0 Å². The molecule has 1 radical (unpaired) electrons. The molecule has 0 rings (SSSR count). The smallest absolute Gasteiger partial charge is 0.374 e. The van der Waals surface area contributed by atoms with Crippen LogP contribution in [-0.4, -0.2) is 34.4 Å². The first kappa shape index (κ1) is 14.4. The van der Waals surface area contributed by atoms with Crippen molar-refractivity contribution in [2.75, 3.05) is 25.6 Å². The fourth-order valence-electron chi connectivity index (χ4n) is 1.29. The van der Waals surface area contributed by atoms with Gasteiger partial charge in [-0.05, 0) is 27.2 Å². The third-order valence-corrected chi connectivity index (χ3v) is 5.16. The summed E-state index contributed by atoms with van der Waals surface area (Å²) in [6.45, 7) is 7.82. The Morgan fingerprint density at radius 1 is 0.929 bits per heavy atom. The first-order valence-electron chi connectivity index (χ1n) is 5.24. The Hall–Kier alpha value is 0.447. The lowest BCUT2D eigenvalue weighted by Crippen LogP contribution is -2.46. The molecule has 0 atom stereocenters. The van der Waals surface area contributed by atoms with Crippen LogP contribution in [0.4, 0.5) is 0 Å². The van der Waals surface area contributed by atoms with Crippen molar-refractivity contribution in [3.8, 4) is 0 Å². The molecule has 0 saturated carbocycles. The van der Waals surface area contributed by atoms with Gasteiger partial charge in [0.05, 0.1) is 0 Å². The molecule has 0 aromatic heterocycles. The quantitative estimate of drug-likeness (QED) is 0.577. The van der Waals surface area contributed by atoms with Crippen LogP contribution in [0.25, 0.3) is 0 Å². The van der Waals surface area contributed by atoms with Crippen molar-refractivity contribution in [3.05, 3.63) is 0 Å². The number of hydrogen-bond donors (Lipinski definition) is 0. The summed E-state index contributed by atoms with van der Waals surface area (Å²) < 4.78 is 17.0. The second kappa shape index (κ2) is 8.73. The molecule has 0 spiro atoms. The standard InChI is InChI=1S/C9H21O3SSi/c1-4-10-14(11-5-2,12-6-3)9-7-8-13/h4-9H2,1-3H3. The van der Waals surface area contributed by atoms with Crippen molar-refractivity contribution in [3.63, 3.8) is 0 Å². The third-order valence-electron chi connectivity index (χ3n) is 1.72. The Labute approximate surface area is 93.9 Å². The minimum Gasteiger partial charge on any atom is -0.374 e. The predicted molar refractivity (Wildman–Crippen MR) is 62.5 cm³/mol. The molecule has 0 N–H and O–H groups in total. The van der Waals surface area contributed by atoms with Gasteiger partial charge in [-0.2, -0.15) is 0 Å². The van der Waals surface area contributed by atoms with Crippen molar-refractivity contribution in [1.82, 2.24) is 0 Å². The van der Waals surface area contributed by atoms with Gasteiger partial charge in [-0.3, -0.25) is 0 Å². The van der Waals surface area contributed by atoms with Gasteiger partial charge in [0, 0.05) is 31.6 Å². The highest BCUT2D eigenvalue weighted by molar-refractivity contribution is 7.80. The van der Waals surface area contributed by atoms with E-state index in [9.17, 15) is 0 Å². The first-order chi connectivity index (χ1) is 6.74. The molecule has 0 aromatic rings. The fraction of sp³-hybridized carbons (Fsp3) is 1.00. The van der Waals surface area contributed by atoms with Gasteiger partial charge >= 0.3 is 8.80 Å². The molecular weight excluding hydrogens is 216 g/mol. The minimum atomic E-state index is -2.38. The van der Waals surface area contributed by atoms with E-state index in [1.54, 1.807) is 0 Å². The summed E-state index contributed by atoms with van der Waals surface area (Å²) in [5.41, 5.74) is 0. The zero-order valence-corrected chi connectivity index (χ0v) is 11.2. The average Bonchev–Trinajstić information content (AvgIpc) is 2.16. The van der Waals surface area contributed by atoms with Gasteiger partial charge in [0.2, 0.25) is 0 Å². The fourth-order valence-corrected chi connectivity index (χ4v) is 4.30. The number of hydrogen-bond acceptors (Lipinski definition) is 3. The van der Waals surface area contributed by atoms with Gasteiger partial charge in [0.15, 0.2) is 0 Å². The molecule has 0 aliphatic carbocycles. The molecular formula is C9H21O3SSi. The second-order valence-electron chi connectivity index (χ2n) is 2.79. The lowest BCUT2D eigenvalue weighted by Gasteiger charge is -2.28. The van der Waals surface area contributed by atoms with Crippen LogP contribution in [0.5, 0.6) is 0 Å². The molecule has 3 nitrogen and oxygen atoms in total. The van der Waals surface area contributed by atoms with Crippen molar-refractivity contribution >= 4 is 21.4 Å². The van der Waals surface area contributed by atoms with E-state index in [1.165, 1.54) is 0 Å². The van der Waals surface area contributed by atoms with E-state index < -0.39 is 8.80 Å². The third kappa shape index (κ3) is 5.36. The zero-order chi connectivity index (χ0) is 10.9. The van der Waals surface area contributed by atoms with Crippen molar-refractivity contribution in [1.29, 1.82) is 0 Å². The molecule has 85 valence electrons. The summed E-state index contributed by atoms with van der Waals surface area (Å²) in [5.74, 6) is 0.738. The van der Waals surface area contributed by atoms with E-state index in [1.807, 2.05) is 20.8 Å². The lowest BCUT2D eigenvalue weighted by molar-refractivity contribution is 0.0712. The Morgan fingerprint density at radius 2 is 1.36 bits per heavy atom. The first-order valence-corrected chi connectivity index (χ1v) is 7.75. The largest absolute Gasteiger partial charge is 0.500 e. The summed E-state index contributed by atoms with van der Waals surface area (Å²) >= 11 is 4.93. The molecule has 0 unspecified atom stereocenters. The minimum absolute atomic E-state index is 0.643. The Balaban J connectivity index is 4.21. The van der Waals surface area contributed by atoms with E-state index in [4.69, 9.17) is 25.9 Å². The summed E-state index contributed by atoms with van der Waals surface area (Å²) in [4.78, 5) is 0. The molecule has 0 heterocycles.